The maximum absolute atomic E-state index is 11.3. The summed E-state index contributed by atoms with van der Waals surface area (Å²) in [5.74, 6) is -0.837. The van der Waals surface area contributed by atoms with Crippen molar-refractivity contribution in [2.45, 2.75) is 44.9 Å². The number of hydrogen-bond donors (Lipinski definition) is 3. The molecule has 1 aliphatic rings. The summed E-state index contributed by atoms with van der Waals surface area (Å²) in [7, 11) is 0. The van der Waals surface area contributed by atoms with E-state index in [9.17, 15) is 9.59 Å². The fourth-order valence-electron chi connectivity index (χ4n) is 1.81. The van der Waals surface area contributed by atoms with Crippen molar-refractivity contribution in [2.75, 3.05) is 6.54 Å². The fourth-order valence-corrected chi connectivity index (χ4v) is 1.81. The van der Waals surface area contributed by atoms with Gasteiger partial charge in [0, 0.05) is 19.2 Å². The Hall–Kier alpha value is -1.52. The highest BCUT2D eigenvalue weighted by Crippen LogP contribution is 2.21. The number of amides is 2. The molecule has 96 valence electrons. The number of carbonyl (C=O) groups excluding carboxylic acids is 1. The number of nitrogens with one attached hydrogen (secondary N) is 2. The zero-order valence-corrected chi connectivity index (χ0v) is 10.00. The van der Waals surface area contributed by atoms with Crippen LogP contribution in [0.5, 0.6) is 0 Å². The molecule has 1 fully saturated rings. The van der Waals surface area contributed by atoms with Crippen LogP contribution in [-0.4, -0.2) is 23.7 Å². The third-order valence-electron chi connectivity index (χ3n) is 2.76. The topological polar surface area (TPSA) is 78.4 Å². The molecule has 0 aromatic rings. The summed E-state index contributed by atoms with van der Waals surface area (Å²) in [6.07, 6.45) is 8.14. The van der Waals surface area contributed by atoms with Gasteiger partial charge in [-0.2, -0.15) is 0 Å². The average molecular weight is 240 g/mol. The molecule has 0 bridgehead atoms. The summed E-state index contributed by atoms with van der Waals surface area (Å²) in [5, 5.41) is 13.7. The molecule has 5 nitrogen and oxygen atoms in total. The van der Waals surface area contributed by atoms with Crippen molar-refractivity contribution in [3.8, 4) is 0 Å². The standard InChI is InChI=1S/C12H20N2O3/c15-11(16)7-4-8-13-12(17)14-9-10-5-2-1-3-6-10/h9H,1-8H2,(H,15,16)(H2,13,14,17). The van der Waals surface area contributed by atoms with Crippen LogP contribution in [0, 0.1) is 0 Å². The van der Waals surface area contributed by atoms with E-state index in [1.165, 1.54) is 24.8 Å². The Balaban J connectivity index is 2.09. The summed E-state index contributed by atoms with van der Waals surface area (Å²) in [6, 6.07) is -0.256. The van der Waals surface area contributed by atoms with Crippen molar-refractivity contribution in [3.05, 3.63) is 11.8 Å². The molecule has 2 amide bonds. The summed E-state index contributed by atoms with van der Waals surface area (Å²) in [5.41, 5.74) is 1.29. The number of carbonyl (C=O) groups is 2. The minimum Gasteiger partial charge on any atom is -0.481 e. The molecular weight excluding hydrogens is 220 g/mol. The van der Waals surface area contributed by atoms with Gasteiger partial charge < -0.3 is 15.7 Å². The lowest BCUT2D eigenvalue weighted by atomic mass is 9.96. The van der Waals surface area contributed by atoms with Gasteiger partial charge in [0.05, 0.1) is 0 Å². The van der Waals surface area contributed by atoms with Gasteiger partial charge in [-0.1, -0.05) is 12.0 Å². The van der Waals surface area contributed by atoms with Crippen LogP contribution < -0.4 is 10.6 Å². The Morgan fingerprint density at radius 2 is 1.94 bits per heavy atom. The first-order valence-corrected chi connectivity index (χ1v) is 6.12. The zero-order valence-electron chi connectivity index (χ0n) is 10.00. The summed E-state index contributed by atoms with van der Waals surface area (Å²) in [4.78, 5) is 21.6. The van der Waals surface area contributed by atoms with E-state index in [0.29, 0.717) is 13.0 Å². The predicted octanol–water partition coefficient (Wildman–Crippen LogP) is 2.00. The second-order valence-electron chi connectivity index (χ2n) is 4.26. The van der Waals surface area contributed by atoms with Crippen LogP contribution in [0.2, 0.25) is 0 Å². The van der Waals surface area contributed by atoms with E-state index in [4.69, 9.17) is 5.11 Å². The lowest BCUT2D eigenvalue weighted by molar-refractivity contribution is -0.137. The first kappa shape index (κ1) is 13.5. The van der Waals surface area contributed by atoms with Crippen LogP contribution >= 0.6 is 0 Å². The number of carboxylic acid groups (broad SMARTS) is 1. The molecule has 1 saturated carbocycles. The number of urea groups is 1. The highest BCUT2D eigenvalue weighted by Gasteiger charge is 2.05. The Kier molecular flexibility index (Phi) is 6.14. The van der Waals surface area contributed by atoms with Gasteiger partial charge in [0.25, 0.3) is 0 Å². The lowest BCUT2D eigenvalue weighted by Crippen LogP contribution is -2.33. The van der Waals surface area contributed by atoms with Gasteiger partial charge in [0.1, 0.15) is 0 Å². The fraction of sp³-hybridized carbons (Fsp3) is 0.667. The third kappa shape index (κ3) is 6.60. The van der Waals surface area contributed by atoms with Crippen LogP contribution in [0.3, 0.4) is 0 Å². The Morgan fingerprint density at radius 1 is 1.24 bits per heavy atom. The smallest absolute Gasteiger partial charge is 0.318 e. The minimum absolute atomic E-state index is 0.0847. The molecule has 0 radical (unpaired) electrons. The van der Waals surface area contributed by atoms with E-state index in [2.05, 4.69) is 10.6 Å². The first-order chi connectivity index (χ1) is 8.18. The molecule has 0 unspecified atom stereocenters. The molecule has 5 heteroatoms. The number of aliphatic carboxylic acids is 1. The van der Waals surface area contributed by atoms with Crippen molar-refractivity contribution >= 4 is 12.0 Å². The van der Waals surface area contributed by atoms with Gasteiger partial charge in [0.15, 0.2) is 0 Å². The maximum Gasteiger partial charge on any atom is 0.318 e. The monoisotopic (exact) mass is 240 g/mol. The van der Waals surface area contributed by atoms with E-state index < -0.39 is 5.97 Å². The molecule has 1 aliphatic carbocycles. The molecule has 0 atom stereocenters. The maximum atomic E-state index is 11.3. The number of allylic oxidation sites excluding steroid dienone is 1. The SMILES string of the molecule is O=C(O)CCCNC(=O)NC=C1CCCCC1. The van der Waals surface area contributed by atoms with Gasteiger partial charge >= 0.3 is 12.0 Å². The van der Waals surface area contributed by atoms with E-state index >= 15 is 0 Å². The zero-order chi connectivity index (χ0) is 12.5. The Morgan fingerprint density at radius 3 is 2.59 bits per heavy atom. The van der Waals surface area contributed by atoms with Crippen molar-refractivity contribution in [1.82, 2.24) is 10.6 Å². The molecule has 3 N–H and O–H groups in total. The molecule has 0 aliphatic heterocycles. The minimum atomic E-state index is -0.837. The molecule has 17 heavy (non-hydrogen) atoms. The highest BCUT2D eigenvalue weighted by atomic mass is 16.4. The largest absolute Gasteiger partial charge is 0.481 e. The van der Waals surface area contributed by atoms with Crippen LogP contribution in [0.1, 0.15) is 44.9 Å². The van der Waals surface area contributed by atoms with Gasteiger partial charge in [-0.05, 0) is 32.1 Å². The van der Waals surface area contributed by atoms with Crippen molar-refractivity contribution < 1.29 is 14.7 Å². The van der Waals surface area contributed by atoms with Gasteiger partial charge in [0.2, 0.25) is 0 Å². The number of rotatable bonds is 5. The van der Waals surface area contributed by atoms with Gasteiger partial charge in [-0.3, -0.25) is 4.79 Å². The summed E-state index contributed by atoms with van der Waals surface area (Å²) in [6.45, 7) is 0.390. The molecule has 0 aromatic carbocycles. The van der Waals surface area contributed by atoms with Crippen molar-refractivity contribution in [3.63, 3.8) is 0 Å². The van der Waals surface area contributed by atoms with E-state index in [1.54, 1.807) is 6.20 Å². The molecule has 0 aromatic heterocycles. The molecular formula is C12H20N2O3. The summed E-state index contributed by atoms with van der Waals surface area (Å²) >= 11 is 0. The second kappa shape index (κ2) is 7.70. The van der Waals surface area contributed by atoms with Crippen LogP contribution in [-0.2, 0) is 4.79 Å². The van der Waals surface area contributed by atoms with Crippen LogP contribution in [0.15, 0.2) is 11.8 Å². The lowest BCUT2D eigenvalue weighted by Gasteiger charge is -2.13. The number of carboxylic acids is 1. The van der Waals surface area contributed by atoms with E-state index in [1.807, 2.05) is 0 Å². The summed E-state index contributed by atoms with van der Waals surface area (Å²) < 4.78 is 0. The van der Waals surface area contributed by atoms with Crippen molar-refractivity contribution in [1.29, 1.82) is 0 Å². The molecule has 0 saturated heterocycles. The Labute approximate surface area is 101 Å². The van der Waals surface area contributed by atoms with E-state index in [-0.39, 0.29) is 12.5 Å². The normalized spacial score (nSPS) is 15.2. The molecule has 0 spiro atoms. The van der Waals surface area contributed by atoms with Crippen LogP contribution in [0.25, 0.3) is 0 Å². The van der Waals surface area contributed by atoms with E-state index in [0.717, 1.165) is 12.8 Å². The first-order valence-electron chi connectivity index (χ1n) is 6.12. The number of hydrogen-bond acceptors (Lipinski definition) is 2. The predicted molar refractivity (Wildman–Crippen MR) is 64.6 cm³/mol. The second-order valence-corrected chi connectivity index (χ2v) is 4.26. The van der Waals surface area contributed by atoms with Crippen LogP contribution in [0.4, 0.5) is 4.79 Å². The molecule has 1 rings (SSSR count). The van der Waals surface area contributed by atoms with Gasteiger partial charge in [-0.25, -0.2) is 4.79 Å². The Bertz CT molecular complexity index is 292. The van der Waals surface area contributed by atoms with Gasteiger partial charge in [-0.15, -0.1) is 0 Å². The quantitative estimate of drug-likeness (QED) is 0.643. The highest BCUT2D eigenvalue weighted by molar-refractivity contribution is 5.75. The molecule has 0 heterocycles. The third-order valence-corrected chi connectivity index (χ3v) is 2.76. The average Bonchev–Trinajstić information content (AvgIpc) is 2.33. The van der Waals surface area contributed by atoms with Crippen molar-refractivity contribution in [2.24, 2.45) is 0 Å².